The summed E-state index contributed by atoms with van der Waals surface area (Å²) in [5.41, 5.74) is 1.18. The van der Waals surface area contributed by atoms with Crippen LogP contribution in [0.1, 0.15) is 18.4 Å². The van der Waals surface area contributed by atoms with Crippen molar-refractivity contribution in [2.24, 2.45) is 5.92 Å². The monoisotopic (exact) mass is 341 g/mol. The van der Waals surface area contributed by atoms with Crippen molar-refractivity contribution < 1.29 is 9.90 Å². The number of rotatable bonds is 5. The maximum atomic E-state index is 10.5. The summed E-state index contributed by atoms with van der Waals surface area (Å²) in [4.78, 5) is 17.3. The van der Waals surface area contributed by atoms with E-state index in [0.29, 0.717) is 5.92 Å². The molecule has 0 saturated carbocycles. The zero-order valence-electron chi connectivity index (χ0n) is 11.6. The molecular formula is C14H20BrN3O2. The van der Waals surface area contributed by atoms with Crippen molar-refractivity contribution in [3.8, 4) is 0 Å². The molecule has 1 fully saturated rings. The van der Waals surface area contributed by atoms with E-state index in [1.54, 1.807) is 0 Å². The van der Waals surface area contributed by atoms with E-state index in [-0.39, 0.29) is 6.54 Å². The van der Waals surface area contributed by atoms with Gasteiger partial charge in [-0.25, -0.2) is 4.98 Å². The van der Waals surface area contributed by atoms with Crippen LogP contribution in [0.2, 0.25) is 0 Å². The van der Waals surface area contributed by atoms with Gasteiger partial charge in [-0.2, -0.15) is 0 Å². The van der Waals surface area contributed by atoms with Crippen LogP contribution in [0.3, 0.4) is 0 Å². The Labute approximate surface area is 127 Å². The molecule has 1 aromatic heterocycles. The van der Waals surface area contributed by atoms with Crippen molar-refractivity contribution in [3.05, 3.63) is 22.3 Å². The van der Waals surface area contributed by atoms with Crippen molar-refractivity contribution >= 4 is 27.7 Å². The standard InChI is InChI=1S/C14H20BrN3O2/c1-10-5-13(17-7-12(10)15)18-4-2-3-11(9-18)6-16-8-14(19)20/h5,7,11,16H,2-4,6,8-9H2,1H3,(H,19,20). The van der Waals surface area contributed by atoms with E-state index in [0.717, 1.165) is 42.8 Å². The molecule has 2 N–H and O–H groups in total. The fourth-order valence-corrected chi connectivity index (χ4v) is 2.74. The Morgan fingerprint density at radius 3 is 3.15 bits per heavy atom. The predicted molar refractivity (Wildman–Crippen MR) is 82.1 cm³/mol. The summed E-state index contributed by atoms with van der Waals surface area (Å²) >= 11 is 3.47. The van der Waals surface area contributed by atoms with Crippen LogP contribution in [0.4, 0.5) is 5.82 Å². The fraction of sp³-hybridized carbons (Fsp3) is 0.571. The number of nitrogens with zero attached hydrogens (tertiary/aromatic N) is 2. The summed E-state index contributed by atoms with van der Waals surface area (Å²) in [6.07, 6.45) is 4.10. The summed E-state index contributed by atoms with van der Waals surface area (Å²) in [5.74, 6) is 0.686. The average Bonchev–Trinajstić information content (AvgIpc) is 2.42. The average molecular weight is 342 g/mol. The van der Waals surface area contributed by atoms with E-state index in [4.69, 9.17) is 5.11 Å². The number of carboxylic acid groups (broad SMARTS) is 1. The predicted octanol–water partition coefficient (Wildman–Crippen LogP) is 2.04. The van der Waals surface area contributed by atoms with Gasteiger partial charge in [-0.3, -0.25) is 4.79 Å². The first kappa shape index (κ1) is 15.3. The van der Waals surface area contributed by atoms with Crippen LogP contribution in [-0.4, -0.2) is 42.2 Å². The van der Waals surface area contributed by atoms with Gasteiger partial charge in [0.15, 0.2) is 0 Å². The molecule has 1 aliphatic heterocycles. The molecule has 20 heavy (non-hydrogen) atoms. The highest BCUT2D eigenvalue weighted by atomic mass is 79.9. The molecule has 5 nitrogen and oxygen atoms in total. The number of piperidine rings is 1. The van der Waals surface area contributed by atoms with Crippen molar-refractivity contribution in [1.82, 2.24) is 10.3 Å². The number of aromatic nitrogens is 1. The van der Waals surface area contributed by atoms with Gasteiger partial charge >= 0.3 is 5.97 Å². The minimum absolute atomic E-state index is 0.0339. The molecule has 1 aromatic rings. The van der Waals surface area contributed by atoms with Crippen molar-refractivity contribution in [1.29, 1.82) is 0 Å². The molecule has 0 aliphatic carbocycles. The van der Waals surface area contributed by atoms with E-state index in [1.165, 1.54) is 5.56 Å². The third-order valence-corrected chi connectivity index (χ3v) is 4.41. The first-order valence-electron chi connectivity index (χ1n) is 6.86. The van der Waals surface area contributed by atoms with Crippen LogP contribution < -0.4 is 10.2 Å². The molecule has 2 rings (SSSR count). The first-order chi connectivity index (χ1) is 9.56. The smallest absolute Gasteiger partial charge is 0.317 e. The highest BCUT2D eigenvalue weighted by Crippen LogP contribution is 2.24. The van der Waals surface area contributed by atoms with E-state index in [2.05, 4.69) is 44.1 Å². The van der Waals surface area contributed by atoms with Crippen LogP contribution in [0, 0.1) is 12.8 Å². The molecule has 2 heterocycles. The Morgan fingerprint density at radius 2 is 2.45 bits per heavy atom. The number of carboxylic acids is 1. The molecule has 1 aliphatic rings. The van der Waals surface area contributed by atoms with Crippen molar-refractivity contribution in [3.63, 3.8) is 0 Å². The third-order valence-electron chi connectivity index (χ3n) is 3.58. The van der Waals surface area contributed by atoms with Gasteiger partial charge in [0.05, 0.1) is 6.54 Å². The van der Waals surface area contributed by atoms with Gasteiger partial charge in [0, 0.05) is 30.3 Å². The fourth-order valence-electron chi connectivity index (χ4n) is 2.52. The summed E-state index contributed by atoms with van der Waals surface area (Å²) < 4.78 is 1.03. The summed E-state index contributed by atoms with van der Waals surface area (Å²) in [6.45, 7) is 4.79. The molecule has 0 aromatic carbocycles. The van der Waals surface area contributed by atoms with E-state index in [1.807, 2.05) is 6.20 Å². The van der Waals surface area contributed by atoms with Gasteiger partial charge in [0.1, 0.15) is 5.82 Å². The molecule has 110 valence electrons. The number of halogens is 1. The van der Waals surface area contributed by atoms with E-state index in [9.17, 15) is 4.79 Å². The second-order valence-corrected chi connectivity index (χ2v) is 6.12. The summed E-state index contributed by atoms with van der Waals surface area (Å²) in [7, 11) is 0. The highest BCUT2D eigenvalue weighted by molar-refractivity contribution is 9.10. The largest absolute Gasteiger partial charge is 0.480 e. The lowest BCUT2D eigenvalue weighted by atomic mass is 9.98. The molecule has 6 heteroatoms. The van der Waals surface area contributed by atoms with Crippen LogP contribution in [0.15, 0.2) is 16.7 Å². The van der Waals surface area contributed by atoms with Crippen molar-refractivity contribution in [2.45, 2.75) is 19.8 Å². The maximum absolute atomic E-state index is 10.5. The van der Waals surface area contributed by atoms with Gasteiger partial charge < -0.3 is 15.3 Å². The van der Waals surface area contributed by atoms with Crippen LogP contribution in [0.5, 0.6) is 0 Å². The summed E-state index contributed by atoms with van der Waals surface area (Å²) in [6, 6.07) is 2.09. The number of anilines is 1. The second kappa shape index (κ2) is 7.04. The minimum atomic E-state index is -0.803. The number of pyridine rings is 1. The Hall–Kier alpha value is -1.14. The van der Waals surface area contributed by atoms with Crippen LogP contribution in [0.25, 0.3) is 0 Å². The lowest BCUT2D eigenvalue weighted by Crippen LogP contribution is -2.41. The van der Waals surface area contributed by atoms with Crippen molar-refractivity contribution in [2.75, 3.05) is 31.1 Å². The van der Waals surface area contributed by atoms with E-state index < -0.39 is 5.97 Å². The lowest BCUT2D eigenvalue weighted by molar-refractivity contribution is -0.136. The second-order valence-electron chi connectivity index (χ2n) is 5.27. The van der Waals surface area contributed by atoms with Gasteiger partial charge in [0.2, 0.25) is 0 Å². The molecule has 0 bridgehead atoms. The normalized spacial score (nSPS) is 19.1. The van der Waals surface area contributed by atoms with Gasteiger partial charge in [-0.1, -0.05) is 0 Å². The molecule has 0 spiro atoms. The molecule has 1 unspecified atom stereocenters. The van der Waals surface area contributed by atoms with Gasteiger partial charge in [0.25, 0.3) is 0 Å². The third kappa shape index (κ3) is 4.18. The van der Waals surface area contributed by atoms with Crippen LogP contribution >= 0.6 is 15.9 Å². The SMILES string of the molecule is Cc1cc(N2CCCC(CNCC(=O)O)C2)ncc1Br. The Kier molecular flexibility index (Phi) is 5.37. The topological polar surface area (TPSA) is 65.5 Å². The van der Waals surface area contributed by atoms with E-state index >= 15 is 0 Å². The Bertz CT molecular complexity index is 481. The Balaban J connectivity index is 1.92. The number of nitrogens with one attached hydrogen (secondary N) is 1. The lowest BCUT2D eigenvalue weighted by Gasteiger charge is -2.33. The van der Waals surface area contributed by atoms with Gasteiger partial charge in [-0.15, -0.1) is 0 Å². The minimum Gasteiger partial charge on any atom is -0.480 e. The quantitative estimate of drug-likeness (QED) is 0.857. The molecule has 0 amide bonds. The first-order valence-corrected chi connectivity index (χ1v) is 7.65. The number of aliphatic carboxylic acids is 1. The molecular weight excluding hydrogens is 322 g/mol. The number of hydrogen-bond acceptors (Lipinski definition) is 4. The number of aryl methyl sites for hydroxylation is 1. The molecule has 1 saturated heterocycles. The number of hydrogen-bond donors (Lipinski definition) is 2. The molecule has 0 radical (unpaired) electrons. The molecule has 1 atom stereocenters. The maximum Gasteiger partial charge on any atom is 0.317 e. The zero-order valence-corrected chi connectivity index (χ0v) is 13.2. The number of carbonyl (C=O) groups is 1. The summed E-state index contributed by atoms with van der Waals surface area (Å²) in [5, 5.41) is 11.6. The zero-order chi connectivity index (χ0) is 14.5. The Morgan fingerprint density at radius 1 is 1.65 bits per heavy atom. The van der Waals surface area contributed by atoms with Crippen LogP contribution in [-0.2, 0) is 4.79 Å². The van der Waals surface area contributed by atoms with Gasteiger partial charge in [-0.05, 0) is 53.2 Å². The highest BCUT2D eigenvalue weighted by Gasteiger charge is 2.21.